The quantitative estimate of drug-likeness (QED) is 0.526. The summed E-state index contributed by atoms with van der Waals surface area (Å²) in [7, 11) is 0. The van der Waals surface area contributed by atoms with E-state index in [1.54, 1.807) is 11.5 Å². The smallest absolute Gasteiger partial charge is 0.330 e. The molecule has 34 heavy (non-hydrogen) atoms. The first-order valence-electron chi connectivity index (χ1n) is 11.6. The Bertz CT molecular complexity index is 1440. The number of amides is 1. The first-order chi connectivity index (χ1) is 16.1. The highest BCUT2D eigenvalue weighted by Gasteiger charge is 2.30. The number of anilines is 2. The van der Waals surface area contributed by atoms with E-state index in [9.17, 15) is 19.2 Å². The van der Waals surface area contributed by atoms with Crippen LogP contribution < -0.4 is 27.4 Å². The molecule has 10 nitrogen and oxygen atoms in total. The molecule has 0 aliphatic carbocycles. The minimum Gasteiger partial charge on any atom is -0.383 e. The van der Waals surface area contributed by atoms with E-state index in [4.69, 9.17) is 5.73 Å². The van der Waals surface area contributed by atoms with Gasteiger partial charge in [0.15, 0.2) is 5.69 Å². The summed E-state index contributed by atoms with van der Waals surface area (Å²) in [5.74, 6) is 0.283. The van der Waals surface area contributed by atoms with Crippen LogP contribution in [-0.4, -0.2) is 31.6 Å². The van der Waals surface area contributed by atoms with Crippen molar-refractivity contribution in [1.82, 2.24) is 19.1 Å². The molecule has 0 atom stereocenters. The molecule has 4 heterocycles. The van der Waals surface area contributed by atoms with Gasteiger partial charge in [-0.2, -0.15) is 0 Å². The number of aromatic amines is 1. The van der Waals surface area contributed by atoms with Crippen molar-refractivity contribution < 1.29 is 4.79 Å². The number of thiophene rings is 1. The molecule has 182 valence electrons. The normalized spacial score (nSPS) is 13.1. The Kier molecular flexibility index (Phi) is 6.48. The molecule has 0 fully saturated rings. The summed E-state index contributed by atoms with van der Waals surface area (Å²) in [6.07, 6.45) is 3.14. The van der Waals surface area contributed by atoms with Gasteiger partial charge in [0, 0.05) is 26.1 Å². The summed E-state index contributed by atoms with van der Waals surface area (Å²) >= 11 is 1.16. The zero-order chi connectivity index (χ0) is 24.7. The Morgan fingerprint density at radius 2 is 2.03 bits per heavy atom. The molecule has 3 aromatic rings. The molecule has 4 rings (SSSR count). The summed E-state index contributed by atoms with van der Waals surface area (Å²) < 4.78 is 2.98. The van der Waals surface area contributed by atoms with Gasteiger partial charge in [-0.15, -0.1) is 11.3 Å². The van der Waals surface area contributed by atoms with Gasteiger partial charge in [0.1, 0.15) is 16.5 Å². The lowest BCUT2D eigenvalue weighted by Gasteiger charge is -2.26. The highest BCUT2D eigenvalue weighted by atomic mass is 32.1. The van der Waals surface area contributed by atoms with Gasteiger partial charge in [-0.05, 0) is 31.2 Å². The fraction of sp³-hybridized carbons (Fsp3) is 0.522. The standard InChI is InChI=1S/C23H30N6O4S/c1-5-6-9-28-18(24)16(19(30)26-23(28)33)29(11-12(2)3)22(32)17-13(4)15-20(34-17)25-14-8-7-10-27(14)21(15)31/h12H,5-11,24H2,1-4H3,(H,26,30,33). The first kappa shape index (κ1) is 23.9. The van der Waals surface area contributed by atoms with Gasteiger partial charge in [-0.1, -0.05) is 27.2 Å². The molecular weight excluding hydrogens is 456 g/mol. The maximum Gasteiger partial charge on any atom is 0.330 e. The van der Waals surface area contributed by atoms with Gasteiger partial charge in [-0.25, -0.2) is 9.78 Å². The van der Waals surface area contributed by atoms with Crippen LogP contribution in [0, 0.1) is 12.8 Å². The number of hydrogen-bond acceptors (Lipinski definition) is 7. The molecule has 0 saturated carbocycles. The highest BCUT2D eigenvalue weighted by Crippen LogP contribution is 2.31. The number of nitrogens with zero attached hydrogens (tertiary/aromatic N) is 4. The number of H-pyrrole nitrogens is 1. The zero-order valence-electron chi connectivity index (χ0n) is 19.9. The largest absolute Gasteiger partial charge is 0.383 e. The molecule has 11 heteroatoms. The molecule has 0 spiro atoms. The van der Waals surface area contributed by atoms with Crippen LogP contribution in [-0.2, 0) is 19.5 Å². The fourth-order valence-electron chi connectivity index (χ4n) is 4.42. The van der Waals surface area contributed by atoms with Crippen LogP contribution in [0.25, 0.3) is 10.2 Å². The molecule has 1 aliphatic heterocycles. The third-order valence-corrected chi connectivity index (χ3v) is 7.29. The number of aromatic nitrogens is 4. The molecule has 0 unspecified atom stereocenters. The van der Waals surface area contributed by atoms with Crippen molar-refractivity contribution in [3.8, 4) is 0 Å². The second-order valence-corrected chi connectivity index (χ2v) is 10.1. The van der Waals surface area contributed by atoms with E-state index in [1.807, 2.05) is 20.8 Å². The number of hydrogen-bond donors (Lipinski definition) is 2. The van der Waals surface area contributed by atoms with Crippen LogP contribution >= 0.6 is 11.3 Å². The van der Waals surface area contributed by atoms with Crippen molar-refractivity contribution in [2.24, 2.45) is 5.92 Å². The van der Waals surface area contributed by atoms with Crippen LogP contribution in [0.2, 0.25) is 0 Å². The predicted molar refractivity (Wildman–Crippen MR) is 134 cm³/mol. The summed E-state index contributed by atoms with van der Waals surface area (Å²) in [6.45, 7) is 8.75. The van der Waals surface area contributed by atoms with Gasteiger partial charge in [0.05, 0.1) is 10.3 Å². The van der Waals surface area contributed by atoms with Crippen LogP contribution in [0.4, 0.5) is 11.5 Å². The third-order valence-electron chi connectivity index (χ3n) is 6.12. The van der Waals surface area contributed by atoms with Crippen molar-refractivity contribution in [2.75, 3.05) is 17.2 Å². The molecule has 3 N–H and O–H groups in total. The monoisotopic (exact) mass is 486 g/mol. The lowest BCUT2D eigenvalue weighted by Crippen LogP contribution is -2.42. The Balaban J connectivity index is 1.88. The number of nitrogens with two attached hydrogens (primary N) is 1. The van der Waals surface area contributed by atoms with E-state index in [0.717, 1.165) is 36.4 Å². The number of nitrogens with one attached hydrogen (secondary N) is 1. The maximum atomic E-state index is 13.9. The SMILES string of the molecule is CCCCn1c(N)c(N(CC(C)C)C(=O)c2sc3nc4n(c(=O)c3c2C)CCC4)c(=O)[nH]c1=O. The van der Waals surface area contributed by atoms with Crippen molar-refractivity contribution >= 4 is 39.0 Å². The van der Waals surface area contributed by atoms with E-state index in [2.05, 4.69) is 9.97 Å². The average molecular weight is 487 g/mol. The minimum absolute atomic E-state index is 0.0148. The van der Waals surface area contributed by atoms with E-state index in [1.165, 1.54) is 9.47 Å². The number of nitrogen functional groups attached to an aromatic ring is 1. The van der Waals surface area contributed by atoms with E-state index >= 15 is 0 Å². The third kappa shape index (κ3) is 3.97. The Morgan fingerprint density at radius 1 is 1.29 bits per heavy atom. The van der Waals surface area contributed by atoms with Gasteiger partial charge < -0.3 is 5.73 Å². The summed E-state index contributed by atoms with van der Waals surface area (Å²) in [5.41, 5.74) is 5.38. The topological polar surface area (TPSA) is 136 Å². The Morgan fingerprint density at radius 3 is 2.71 bits per heavy atom. The first-order valence-corrected chi connectivity index (χ1v) is 12.4. The maximum absolute atomic E-state index is 13.9. The molecular formula is C23H30N6O4S. The van der Waals surface area contributed by atoms with E-state index in [-0.39, 0.29) is 29.5 Å². The Hall–Kier alpha value is -3.21. The van der Waals surface area contributed by atoms with E-state index < -0.39 is 17.2 Å². The van der Waals surface area contributed by atoms with Crippen molar-refractivity contribution in [1.29, 1.82) is 0 Å². The molecule has 1 amide bonds. The predicted octanol–water partition coefficient (Wildman–Crippen LogP) is 2.25. The number of unbranched alkanes of at least 4 members (excludes halogenated alkanes) is 1. The Labute approximate surface area is 200 Å². The van der Waals surface area contributed by atoms with Gasteiger partial charge in [-0.3, -0.25) is 33.4 Å². The van der Waals surface area contributed by atoms with Crippen molar-refractivity contribution in [3.63, 3.8) is 0 Å². The van der Waals surface area contributed by atoms with Gasteiger partial charge in [0.25, 0.3) is 17.0 Å². The molecule has 0 radical (unpaired) electrons. The number of rotatable bonds is 7. The van der Waals surface area contributed by atoms with E-state index in [0.29, 0.717) is 40.2 Å². The summed E-state index contributed by atoms with van der Waals surface area (Å²) in [4.78, 5) is 61.4. The molecule has 1 aliphatic rings. The molecule has 0 aromatic carbocycles. The molecule has 0 bridgehead atoms. The van der Waals surface area contributed by atoms with Crippen LogP contribution in [0.3, 0.4) is 0 Å². The van der Waals surface area contributed by atoms with Crippen LogP contribution in [0.5, 0.6) is 0 Å². The summed E-state index contributed by atoms with van der Waals surface area (Å²) in [6, 6.07) is 0. The van der Waals surface area contributed by atoms with Crippen LogP contribution in [0.15, 0.2) is 14.4 Å². The molecule has 0 saturated heterocycles. The van der Waals surface area contributed by atoms with Crippen molar-refractivity contribution in [2.45, 2.75) is 66.5 Å². The minimum atomic E-state index is -0.708. The van der Waals surface area contributed by atoms with Crippen molar-refractivity contribution in [3.05, 3.63) is 47.5 Å². The lowest BCUT2D eigenvalue weighted by molar-refractivity contribution is 0.0987. The molecule has 3 aromatic heterocycles. The average Bonchev–Trinajstić information content (AvgIpc) is 3.37. The number of carbonyl (C=O) groups excluding carboxylic acids is 1. The second kappa shape index (κ2) is 9.21. The number of carbonyl (C=O) groups is 1. The number of fused-ring (bicyclic) bond motifs is 2. The highest BCUT2D eigenvalue weighted by molar-refractivity contribution is 7.20. The second-order valence-electron chi connectivity index (χ2n) is 9.13. The lowest BCUT2D eigenvalue weighted by atomic mass is 10.1. The van der Waals surface area contributed by atoms with Crippen LogP contribution in [0.1, 0.15) is 61.1 Å². The van der Waals surface area contributed by atoms with Gasteiger partial charge >= 0.3 is 5.69 Å². The zero-order valence-corrected chi connectivity index (χ0v) is 20.8. The van der Waals surface area contributed by atoms with Gasteiger partial charge in [0.2, 0.25) is 0 Å². The fourth-order valence-corrected chi connectivity index (χ4v) is 5.56. The summed E-state index contributed by atoms with van der Waals surface area (Å²) in [5, 5.41) is 0.443. The number of aryl methyl sites for hydroxylation is 2.